The van der Waals surface area contributed by atoms with Crippen molar-refractivity contribution in [2.75, 3.05) is 17.8 Å². The Morgan fingerprint density at radius 3 is 2.17 bits per heavy atom. The van der Waals surface area contributed by atoms with Crippen molar-refractivity contribution in [2.45, 2.75) is 29.6 Å². The summed E-state index contributed by atoms with van der Waals surface area (Å²) in [4.78, 5) is 9.92. The molecule has 1 heterocycles. The summed E-state index contributed by atoms with van der Waals surface area (Å²) in [6, 6.07) is 10.3. The first-order valence-electron chi connectivity index (χ1n) is 8.98. The van der Waals surface area contributed by atoms with Gasteiger partial charge in [-0.05, 0) is 49.1 Å². The third kappa shape index (κ3) is 4.57. The number of rotatable bonds is 6. The van der Waals surface area contributed by atoms with Gasteiger partial charge in [0, 0.05) is 24.8 Å². The molecule has 1 fully saturated rings. The van der Waals surface area contributed by atoms with Crippen LogP contribution in [0.2, 0.25) is 0 Å². The fraction of sp³-hybridized carbons (Fsp3) is 0.333. The second-order valence-electron chi connectivity index (χ2n) is 6.94. The molecule has 0 saturated carbocycles. The second kappa shape index (κ2) is 8.09. The third-order valence-corrected chi connectivity index (χ3v) is 8.18. The van der Waals surface area contributed by atoms with Crippen LogP contribution in [0.5, 0.6) is 0 Å². The fourth-order valence-corrected chi connectivity index (χ4v) is 5.82. The largest absolute Gasteiger partial charge is 0.289 e. The van der Waals surface area contributed by atoms with Gasteiger partial charge in [-0.3, -0.25) is 14.8 Å². The summed E-state index contributed by atoms with van der Waals surface area (Å²) in [6.45, 7) is 2.99. The molecule has 0 atom stereocenters. The number of hydrogen-bond donors (Lipinski definition) is 1. The van der Waals surface area contributed by atoms with E-state index in [2.05, 4.69) is 11.6 Å². The van der Waals surface area contributed by atoms with Crippen molar-refractivity contribution < 1.29 is 21.8 Å². The predicted octanol–water partition coefficient (Wildman–Crippen LogP) is 2.82. The molecule has 0 aromatic heterocycles. The average Bonchev–Trinajstić information content (AvgIpc) is 2.68. The van der Waals surface area contributed by atoms with Crippen LogP contribution in [0, 0.1) is 16.0 Å². The molecule has 3 rings (SSSR count). The fourth-order valence-electron chi connectivity index (χ4n) is 3.11. The van der Waals surface area contributed by atoms with Gasteiger partial charge in [0.25, 0.3) is 15.7 Å². The summed E-state index contributed by atoms with van der Waals surface area (Å²) in [7, 11) is -7.86. The molecule has 11 heteroatoms. The molecule has 0 bridgehead atoms. The molecule has 0 unspecified atom stereocenters. The molecule has 9 nitrogen and oxygen atoms in total. The zero-order valence-corrected chi connectivity index (χ0v) is 17.3. The maximum Gasteiger partial charge on any atom is 0.289 e. The highest BCUT2D eigenvalue weighted by molar-refractivity contribution is 7.93. The minimum absolute atomic E-state index is 0.0701. The lowest BCUT2D eigenvalue weighted by atomic mass is 10.0. The van der Waals surface area contributed by atoms with E-state index in [9.17, 15) is 26.9 Å². The van der Waals surface area contributed by atoms with E-state index in [1.165, 1.54) is 40.7 Å². The van der Waals surface area contributed by atoms with Crippen LogP contribution in [-0.4, -0.2) is 39.2 Å². The van der Waals surface area contributed by atoms with Gasteiger partial charge in [-0.1, -0.05) is 19.1 Å². The predicted molar refractivity (Wildman–Crippen MR) is 108 cm³/mol. The van der Waals surface area contributed by atoms with Crippen molar-refractivity contribution >= 4 is 31.4 Å². The molecule has 29 heavy (non-hydrogen) atoms. The Bertz CT molecular complexity index is 1110. The maximum atomic E-state index is 12.7. The Labute approximate surface area is 169 Å². The highest BCUT2D eigenvalue weighted by Crippen LogP contribution is 2.27. The molecular weight excluding hydrogens is 418 g/mol. The number of nitrogens with one attached hydrogen (secondary N) is 1. The molecule has 0 aliphatic carbocycles. The van der Waals surface area contributed by atoms with Crippen molar-refractivity contribution in [3.05, 3.63) is 58.6 Å². The Kier molecular flexibility index (Phi) is 5.92. The topological polar surface area (TPSA) is 127 Å². The van der Waals surface area contributed by atoms with Gasteiger partial charge < -0.3 is 0 Å². The average molecular weight is 440 g/mol. The molecule has 1 saturated heterocycles. The van der Waals surface area contributed by atoms with Crippen molar-refractivity contribution in [2.24, 2.45) is 5.92 Å². The standard InChI is InChI=1S/C18H21N3O6S2/c1-14-10-12-20(13-11-14)29(26,27)16-8-6-15(7-9-16)19-28(24,25)18-5-3-2-4-17(18)21(22)23/h2-9,14,19H,10-13H2,1H3. The number of hydrogen-bond acceptors (Lipinski definition) is 6. The zero-order valence-electron chi connectivity index (χ0n) is 15.7. The first-order valence-corrected chi connectivity index (χ1v) is 11.9. The minimum atomic E-state index is -4.22. The van der Waals surface area contributed by atoms with E-state index in [1.807, 2.05) is 0 Å². The molecule has 1 N–H and O–H groups in total. The molecule has 0 amide bonds. The van der Waals surface area contributed by atoms with Crippen molar-refractivity contribution in [1.29, 1.82) is 0 Å². The van der Waals surface area contributed by atoms with Crippen LogP contribution in [0.15, 0.2) is 58.3 Å². The van der Waals surface area contributed by atoms with Crippen LogP contribution >= 0.6 is 0 Å². The summed E-state index contributed by atoms with van der Waals surface area (Å²) in [6.07, 6.45) is 1.60. The lowest BCUT2D eigenvalue weighted by Crippen LogP contribution is -2.37. The first kappa shape index (κ1) is 21.2. The number of nitro benzene ring substituents is 1. The highest BCUT2D eigenvalue weighted by atomic mass is 32.2. The molecular formula is C18H21N3O6S2. The number of anilines is 1. The monoisotopic (exact) mass is 439 g/mol. The number of para-hydroxylation sites is 1. The lowest BCUT2D eigenvalue weighted by Gasteiger charge is -2.29. The van der Waals surface area contributed by atoms with Gasteiger partial charge in [0.15, 0.2) is 4.90 Å². The molecule has 1 aliphatic heterocycles. The van der Waals surface area contributed by atoms with E-state index >= 15 is 0 Å². The van der Waals surface area contributed by atoms with E-state index in [1.54, 1.807) is 0 Å². The molecule has 0 radical (unpaired) electrons. The van der Waals surface area contributed by atoms with E-state index in [0.717, 1.165) is 25.0 Å². The highest BCUT2D eigenvalue weighted by Gasteiger charge is 2.29. The van der Waals surface area contributed by atoms with Gasteiger partial charge >= 0.3 is 0 Å². The minimum Gasteiger partial charge on any atom is -0.279 e. The summed E-state index contributed by atoms with van der Waals surface area (Å²) >= 11 is 0. The SMILES string of the molecule is CC1CCN(S(=O)(=O)c2ccc(NS(=O)(=O)c3ccccc3[N+](=O)[O-])cc2)CC1. The third-order valence-electron chi connectivity index (χ3n) is 4.84. The van der Waals surface area contributed by atoms with Gasteiger partial charge in [-0.25, -0.2) is 16.8 Å². The molecule has 1 aliphatic rings. The molecule has 0 spiro atoms. The Hall–Kier alpha value is -2.50. The van der Waals surface area contributed by atoms with Crippen LogP contribution in [0.3, 0.4) is 0 Å². The summed E-state index contributed by atoms with van der Waals surface area (Å²) < 4.78 is 54.3. The number of sulfonamides is 2. The number of nitro groups is 1. The van der Waals surface area contributed by atoms with Gasteiger partial charge in [0.1, 0.15) is 0 Å². The van der Waals surface area contributed by atoms with Crippen LogP contribution < -0.4 is 4.72 Å². The molecule has 2 aromatic carbocycles. The summed E-state index contributed by atoms with van der Waals surface area (Å²) in [5.41, 5.74) is -0.437. The Morgan fingerprint density at radius 1 is 1.00 bits per heavy atom. The van der Waals surface area contributed by atoms with Crippen molar-refractivity contribution in [1.82, 2.24) is 4.31 Å². The van der Waals surface area contributed by atoms with E-state index in [-0.39, 0.29) is 10.6 Å². The van der Waals surface area contributed by atoms with Gasteiger partial charge in [0.05, 0.1) is 9.82 Å². The van der Waals surface area contributed by atoms with Crippen molar-refractivity contribution in [3.63, 3.8) is 0 Å². The van der Waals surface area contributed by atoms with Crippen molar-refractivity contribution in [3.8, 4) is 0 Å². The number of benzene rings is 2. The second-order valence-corrected chi connectivity index (χ2v) is 10.5. The van der Waals surface area contributed by atoms with Crippen LogP contribution in [0.25, 0.3) is 0 Å². The summed E-state index contributed by atoms with van der Waals surface area (Å²) in [5.74, 6) is 0.486. The van der Waals surface area contributed by atoms with Crippen LogP contribution in [0.4, 0.5) is 11.4 Å². The summed E-state index contributed by atoms with van der Waals surface area (Å²) in [5, 5.41) is 11.1. The smallest absolute Gasteiger partial charge is 0.279 e. The van der Waals surface area contributed by atoms with E-state index < -0.39 is 35.6 Å². The Balaban J connectivity index is 1.81. The first-order chi connectivity index (χ1) is 13.6. The molecule has 2 aromatic rings. The van der Waals surface area contributed by atoms with Gasteiger partial charge in [-0.15, -0.1) is 0 Å². The number of piperidine rings is 1. The van der Waals surface area contributed by atoms with Gasteiger partial charge in [-0.2, -0.15) is 4.31 Å². The zero-order chi connectivity index (χ0) is 21.2. The maximum absolute atomic E-state index is 12.7. The molecule has 156 valence electrons. The van der Waals surface area contributed by atoms with Gasteiger partial charge in [0.2, 0.25) is 10.0 Å². The Morgan fingerprint density at radius 2 is 1.59 bits per heavy atom. The number of nitrogens with zero attached hydrogens (tertiary/aromatic N) is 2. The van der Waals surface area contributed by atoms with Crippen LogP contribution in [0.1, 0.15) is 19.8 Å². The van der Waals surface area contributed by atoms with Crippen LogP contribution in [-0.2, 0) is 20.0 Å². The lowest BCUT2D eigenvalue weighted by molar-refractivity contribution is -0.387. The quantitative estimate of drug-likeness (QED) is 0.545. The van der Waals surface area contributed by atoms with E-state index in [4.69, 9.17) is 0 Å². The normalized spacial score (nSPS) is 16.4. The van der Waals surface area contributed by atoms with E-state index in [0.29, 0.717) is 19.0 Å².